The minimum atomic E-state index is -4.85. The van der Waals surface area contributed by atoms with Crippen LogP contribution in [-0.2, 0) is 17.2 Å². The second kappa shape index (κ2) is 5.96. The lowest BCUT2D eigenvalue weighted by atomic mass is 10.3. The number of alkyl halides is 3. The van der Waals surface area contributed by atoms with E-state index in [4.69, 9.17) is 4.18 Å². The highest BCUT2D eigenvalue weighted by atomic mass is 32.2. The lowest BCUT2D eigenvalue weighted by Crippen LogP contribution is -2.17. The van der Waals surface area contributed by atoms with Gasteiger partial charge >= 0.3 is 16.5 Å². The molecule has 0 spiro atoms. The van der Waals surface area contributed by atoms with Crippen LogP contribution < -0.4 is 8.92 Å². The molecule has 0 fully saturated rings. The number of rotatable bonds is 4. The van der Waals surface area contributed by atoms with Gasteiger partial charge in [0.2, 0.25) is 0 Å². The molecule has 1 aromatic heterocycles. The second-order valence-corrected chi connectivity index (χ2v) is 6.61. The average Bonchev–Trinajstić information content (AvgIpc) is 2.86. The lowest BCUT2D eigenvalue weighted by Gasteiger charge is -2.10. The van der Waals surface area contributed by atoms with Crippen molar-refractivity contribution < 1.29 is 30.5 Å². The van der Waals surface area contributed by atoms with E-state index in [1.807, 2.05) is 0 Å². The summed E-state index contributed by atoms with van der Waals surface area (Å²) < 4.78 is 71.3. The summed E-state index contributed by atoms with van der Waals surface area (Å²) in [6.45, 7) is 0. The maximum Gasteiger partial charge on any atom is 0.573 e. The minimum Gasteiger partial charge on any atom is -0.406 e. The van der Waals surface area contributed by atoms with Crippen molar-refractivity contribution in [1.29, 1.82) is 0 Å². The van der Waals surface area contributed by atoms with Gasteiger partial charge < -0.3 is 13.5 Å². The van der Waals surface area contributed by atoms with Crippen LogP contribution in [0.3, 0.4) is 0 Å². The highest BCUT2D eigenvalue weighted by molar-refractivity contribution is 7.87. The molecule has 132 valence electrons. The normalized spacial score (nSPS) is 12.3. The Bertz CT molecular complexity index is 1010. The van der Waals surface area contributed by atoms with E-state index in [0.717, 1.165) is 29.8 Å². The molecule has 0 atom stereocenters. The SMILES string of the molecule is Cn1cnc2cc(OS(=O)(=O)c3ccc(OC(F)(F)F)cc3)ccc21. The smallest absolute Gasteiger partial charge is 0.406 e. The third-order valence-corrected chi connectivity index (χ3v) is 4.51. The first-order valence-electron chi connectivity index (χ1n) is 6.85. The number of hydrogen-bond acceptors (Lipinski definition) is 5. The molecule has 0 aliphatic carbocycles. The topological polar surface area (TPSA) is 70.4 Å². The third kappa shape index (κ3) is 3.85. The largest absolute Gasteiger partial charge is 0.573 e. The molecule has 1 heterocycles. The number of fused-ring (bicyclic) bond motifs is 1. The predicted octanol–water partition coefficient (Wildman–Crippen LogP) is 3.24. The summed E-state index contributed by atoms with van der Waals surface area (Å²) in [7, 11) is -2.42. The number of hydrogen-bond donors (Lipinski definition) is 0. The summed E-state index contributed by atoms with van der Waals surface area (Å²) in [5.74, 6) is -0.483. The van der Waals surface area contributed by atoms with Gasteiger partial charge in [-0.1, -0.05) is 0 Å². The van der Waals surface area contributed by atoms with Crippen molar-refractivity contribution in [2.24, 2.45) is 7.05 Å². The van der Waals surface area contributed by atoms with E-state index in [1.54, 1.807) is 24.0 Å². The Labute approximate surface area is 140 Å². The van der Waals surface area contributed by atoms with Crippen molar-refractivity contribution in [3.05, 3.63) is 48.8 Å². The molecule has 10 heteroatoms. The van der Waals surface area contributed by atoms with Gasteiger partial charge in [-0.25, -0.2) is 4.98 Å². The van der Waals surface area contributed by atoms with Crippen LogP contribution in [0.15, 0.2) is 53.7 Å². The summed E-state index contributed by atoms with van der Waals surface area (Å²) in [4.78, 5) is 3.79. The molecule has 0 amide bonds. The molecular weight excluding hydrogens is 361 g/mol. The van der Waals surface area contributed by atoms with Crippen molar-refractivity contribution in [3.63, 3.8) is 0 Å². The molecule has 0 N–H and O–H groups in total. The Morgan fingerprint density at radius 2 is 1.68 bits per heavy atom. The lowest BCUT2D eigenvalue weighted by molar-refractivity contribution is -0.274. The molecule has 0 aliphatic rings. The maximum atomic E-state index is 12.2. The van der Waals surface area contributed by atoms with Crippen molar-refractivity contribution in [1.82, 2.24) is 9.55 Å². The monoisotopic (exact) mass is 372 g/mol. The van der Waals surface area contributed by atoms with Crippen LogP contribution >= 0.6 is 0 Å². The first-order chi connectivity index (χ1) is 11.6. The van der Waals surface area contributed by atoms with Crippen LogP contribution in [0.4, 0.5) is 13.2 Å². The maximum absolute atomic E-state index is 12.2. The third-order valence-electron chi connectivity index (χ3n) is 3.25. The molecule has 0 aliphatic heterocycles. The van der Waals surface area contributed by atoms with Gasteiger partial charge in [0.15, 0.2) is 0 Å². The number of benzene rings is 2. The number of aryl methyl sites for hydroxylation is 1. The van der Waals surface area contributed by atoms with Crippen molar-refractivity contribution in [2.75, 3.05) is 0 Å². The van der Waals surface area contributed by atoms with E-state index in [1.165, 1.54) is 12.1 Å². The highest BCUT2D eigenvalue weighted by Crippen LogP contribution is 2.26. The molecular formula is C15H11F3N2O4S. The zero-order valence-electron chi connectivity index (χ0n) is 12.7. The van der Waals surface area contributed by atoms with Crippen LogP contribution in [0.1, 0.15) is 0 Å². The van der Waals surface area contributed by atoms with Crippen molar-refractivity contribution in [2.45, 2.75) is 11.3 Å². The van der Waals surface area contributed by atoms with Crippen LogP contribution in [0.2, 0.25) is 0 Å². The Balaban J connectivity index is 1.82. The molecule has 0 saturated carbocycles. The standard InChI is InChI=1S/C15H11F3N2O4S/c1-20-9-19-13-8-11(4-7-14(13)20)24-25(21,22)12-5-2-10(3-6-12)23-15(16,17)18/h2-9H,1H3. The predicted molar refractivity (Wildman–Crippen MR) is 81.7 cm³/mol. The Morgan fingerprint density at radius 3 is 2.32 bits per heavy atom. The van der Waals surface area contributed by atoms with E-state index in [2.05, 4.69) is 9.72 Å². The minimum absolute atomic E-state index is 0.0434. The number of halogens is 3. The number of ether oxygens (including phenoxy) is 1. The molecule has 3 rings (SSSR count). The fourth-order valence-corrected chi connectivity index (χ4v) is 3.07. The molecule has 3 aromatic rings. The van der Waals surface area contributed by atoms with Gasteiger partial charge in [-0.05, 0) is 36.4 Å². The molecule has 25 heavy (non-hydrogen) atoms. The van der Waals surface area contributed by atoms with E-state index >= 15 is 0 Å². The van der Waals surface area contributed by atoms with Gasteiger partial charge in [0.05, 0.1) is 17.4 Å². The van der Waals surface area contributed by atoms with Crippen LogP contribution in [0, 0.1) is 0 Å². The second-order valence-electron chi connectivity index (χ2n) is 5.06. The summed E-state index contributed by atoms with van der Waals surface area (Å²) in [5, 5.41) is 0. The van der Waals surface area contributed by atoms with Gasteiger partial charge in [0.1, 0.15) is 16.4 Å². The van der Waals surface area contributed by atoms with Crippen molar-refractivity contribution >= 4 is 21.2 Å². The zero-order valence-corrected chi connectivity index (χ0v) is 13.5. The van der Waals surface area contributed by atoms with E-state index < -0.39 is 22.2 Å². The Morgan fingerprint density at radius 1 is 1.04 bits per heavy atom. The van der Waals surface area contributed by atoms with Gasteiger partial charge in [-0.3, -0.25) is 0 Å². The van der Waals surface area contributed by atoms with Gasteiger partial charge in [0.25, 0.3) is 0 Å². The fraction of sp³-hybridized carbons (Fsp3) is 0.133. The first kappa shape index (κ1) is 17.1. The summed E-state index contributed by atoms with van der Waals surface area (Å²) in [5.41, 5.74) is 1.34. The molecule has 0 bridgehead atoms. The van der Waals surface area contributed by atoms with Crippen LogP contribution in [0.5, 0.6) is 11.5 Å². The highest BCUT2D eigenvalue weighted by Gasteiger charge is 2.31. The zero-order chi connectivity index (χ0) is 18.2. The Kier molecular flexibility index (Phi) is 4.07. The summed E-state index contributed by atoms with van der Waals surface area (Å²) in [6, 6.07) is 8.28. The van der Waals surface area contributed by atoms with Gasteiger partial charge in [-0.2, -0.15) is 8.42 Å². The van der Waals surface area contributed by atoms with E-state index in [-0.39, 0.29) is 10.6 Å². The molecule has 0 unspecified atom stereocenters. The molecule has 0 radical (unpaired) electrons. The Hall–Kier alpha value is -2.75. The fourth-order valence-electron chi connectivity index (χ4n) is 2.15. The number of imidazole rings is 1. The number of nitrogens with zero attached hydrogens (tertiary/aromatic N) is 2. The average molecular weight is 372 g/mol. The van der Waals surface area contributed by atoms with E-state index in [0.29, 0.717) is 5.52 Å². The van der Waals surface area contributed by atoms with Gasteiger partial charge in [0, 0.05) is 13.1 Å². The number of aromatic nitrogens is 2. The van der Waals surface area contributed by atoms with Crippen molar-refractivity contribution in [3.8, 4) is 11.5 Å². The summed E-state index contributed by atoms with van der Waals surface area (Å²) >= 11 is 0. The van der Waals surface area contributed by atoms with Crippen LogP contribution in [-0.4, -0.2) is 24.3 Å². The summed E-state index contributed by atoms with van der Waals surface area (Å²) in [6.07, 6.45) is -3.28. The quantitative estimate of drug-likeness (QED) is 0.658. The van der Waals surface area contributed by atoms with Crippen LogP contribution in [0.25, 0.3) is 11.0 Å². The first-order valence-corrected chi connectivity index (χ1v) is 8.26. The van der Waals surface area contributed by atoms with Gasteiger partial charge in [-0.15, -0.1) is 13.2 Å². The molecule has 6 nitrogen and oxygen atoms in total. The molecule has 2 aromatic carbocycles. The van der Waals surface area contributed by atoms with E-state index in [9.17, 15) is 21.6 Å². The molecule has 0 saturated heterocycles.